The third-order valence-corrected chi connectivity index (χ3v) is 3.29. The van der Waals surface area contributed by atoms with Gasteiger partial charge in [-0.1, -0.05) is 24.3 Å². The SMILES string of the molecule is COC(=O)c1ccccc1COc1ccc(C)c(C=O)c1F. The molecule has 114 valence electrons. The minimum absolute atomic E-state index is 0.0104. The summed E-state index contributed by atoms with van der Waals surface area (Å²) >= 11 is 0. The van der Waals surface area contributed by atoms with Crippen LogP contribution in [-0.4, -0.2) is 19.4 Å². The minimum Gasteiger partial charge on any atom is -0.486 e. The predicted octanol–water partition coefficient (Wildman–Crippen LogP) is 3.31. The summed E-state index contributed by atoms with van der Waals surface area (Å²) in [4.78, 5) is 22.6. The summed E-state index contributed by atoms with van der Waals surface area (Å²) in [5.74, 6) is -1.23. The van der Waals surface area contributed by atoms with Crippen molar-refractivity contribution in [2.45, 2.75) is 13.5 Å². The van der Waals surface area contributed by atoms with Crippen LogP contribution < -0.4 is 4.74 Å². The smallest absolute Gasteiger partial charge is 0.338 e. The van der Waals surface area contributed by atoms with Crippen molar-refractivity contribution < 1.29 is 23.5 Å². The van der Waals surface area contributed by atoms with Gasteiger partial charge in [-0.05, 0) is 24.6 Å². The molecule has 0 aliphatic rings. The third-order valence-electron chi connectivity index (χ3n) is 3.29. The van der Waals surface area contributed by atoms with Crippen molar-refractivity contribution in [2.75, 3.05) is 7.11 Å². The van der Waals surface area contributed by atoms with Crippen LogP contribution in [0.25, 0.3) is 0 Å². The Morgan fingerprint density at radius 3 is 2.64 bits per heavy atom. The summed E-state index contributed by atoms with van der Waals surface area (Å²) in [5, 5.41) is 0. The van der Waals surface area contributed by atoms with Gasteiger partial charge in [-0.25, -0.2) is 9.18 Å². The number of carbonyl (C=O) groups is 2. The van der Waals surface area contributed by atoms with Gasteiger partial charge in [0.2, 0.25) is 0 Å². The summed E-state index contributed by atoms with van der Waals surface area (Å²) in [6, 6.07) is 9.80. The largest absolute Gasteiger partial charge is 0.486 e. The Bertz CT molecular complexity index is 710. The first-order valence-electron chi connectivity index (χ1n) is 6.61. The zero-order valence-corrected chi connectivity index (χ0v) is 12.3. The lowest BCUT2D eigenvalue weighted by molar-refractivity contribution is 0.0597. The fourth-order valence-corrected chi connectivity index (χ4v) is 2.04. The van der Waals surface area contributed by atoms with Crippen LogP contribution >= 0.6 is 0 Å². The van der Waals surface area contributed by atoms with Gasteiger partial charge in [0.15, 0.2) is 17.9 Å². The first-order valence-corrected chi connectivity index (χ1v) is 6.61. The molecular weight excluding hydrogens is 287 g/mol. The molecule has 0 heterocycles. The van der Waals surface area contributed by atoms with Crippen molar-refractivity contribution in [1.82, 2.24) is 0 Å². The molecule has 5 heteroatoms. The number of rotatable bonds is 5. The maximum absolute atomic E-state index is 14.1. The molecule has 0 aromatic heterocycles. The Labute approximate surface area is 127 Å². The first kappa shape index (κ1) is 15.7. The number of halogens is 1. The number of hydrogen-bond acceptors (Lipinski definition) is 4. The Morgan fingerprint density at radius 1 is 1.23 bits per heavy atom. The van der Waals surface area contributed by atoms with E-state index in [0.29, 0.717) is 23.0 Å². The molecule has 4 nitrogen and oxygen atoms in total. The minimum atomic E-state index is -0.703. The number of aldehydes is 1. The predicted molar refractivity (Wildman–Crippen MR) is 78.6 cm³/mol. The summed E-state index contributed by atoms with van der Waals surface area (Å²) in [6.45, 7) is 1.63. The van der Waals surface area contributed by atoms with E-state index in [0.717, 1.165) is 0 Å². The van der Waals surface area contributed by atoms with Crippen molar-refractivity contribution in [3.8, 4) is 5.75 Å². The van der Waals surface area contributed by atoms with E-state index in [1.54, 1.807) is 37.3 Å². The van der Waals surface area contributed by atoms with Crippen LogP contribution in [-0.2, 0) is 11.3 Å². The second-order valence-electron chi connectivity index (χ2n) is 4.66. The lowest BCUT2D eigenvalue weighted by Crippen LogP contribution is -2.08. The van der Waals surface area contributed by atoms with Crippen LogP contribution in [0.15, 0.2) is 36.4 Å². The molecular formula is C17H15FO4. The molecule has 0 amide bonds. The molecule has 0 spiro atoms. The van der Waals surface area contributed by atoms with Crippen LogP contribution in [0.5, 0.6) is 5.75 Å². The molecule has 22 heavy (non-hydrogen) atoms. The van der Waals surface area contributed by atoms with E-state index in [-0.39, 0.29) is 17.9 Å². The molecule has 0 bridgehead atoms. The van der Waals surface area contributed by atoms with Crippen LogP contribution in [0, 0.1) is 12.7 Å². The highest BCUT2D eigenvalue weighted by molar-refractivity contribution is 5.90. The number of carbonyl (C=O) groups excluding carboxylic acids is 2. The topological polar surface area (TPSA) is 52.6 Å². The van der Waals surface area contributed by atoms with Gasteiger partial charge in [-0.2, -0.15) is 0 Å². The highest BCUT2D eigenvalue weighted by Gasteiger charge is 2.14. The van der Waals surface area contributed by atoms with Gasteiger partial charge in [0.05, 0.1) is 18.2 Å². The molecule has 0 radical (unpaired) electrons. The van der Waals surface area contributed by atoms with Gasteiger partial charge in [0.1, 0.15) is 6.61 Å². The number of esters is 1. The molecule has 2 rings (SSSR count). The zero-order chi connectivity index (χ0) is 16.1. The normalized spacial score (nSPS) is 10.1. The van der Waals surface area contributed by atoms with Gasteiger partial charge >= 0.3 is 5.97 Å². The van der Waals surface area contributed by atoms with Gasteiger partial charge in [-0.3, -0.25) is 4.79 Å². The molecule has 2 aromatic rings. The van der Waals surface area contributed by atoms with E-state index in [4.69, 9.17) is 9.47 Å². The number of methoxy groups -OCH3 is 1. The highest BCUT2D eigenvalue weighted by atomic mass is 19.1. The van der Waals surface area contributed by atoms with Crippen LogP contribution in [0.1, 0.15) is 31.8 Å². The molecule has 0 fully saturated rings. The average Bonchev–Trinajstić information content (AvgIpc) is 2.54. The molecule has 0 unspecified atom stereocenters. The summed E-state index contributed by atoms with van der Waals surface area (Å²) in [6.07, 6.45) is 0.458. The Balaban J connectivity index is 2.25. The molecule has 2 aromatic carbocycles. The summed E-state index contributed by atoms with van der Waals surface area (Å²) in [7, 11) is 1.29. The monoisotopic (exact) mass is 302 g/mol. The fraction of sp³-hybridized carbons (Fsp3) is 0.176. The van der Waals surface area contributed by atoms with Gasteiger partial charge in [-0.15, -0.1) is 0 Å². The quantitative estimate of drug-likeness (QED) is 0.628. The van der Waals surface area contributed by atoms with Gasteiger partial charge in [0, 0.05) is 5.56 Å². The Kier molecular flexibility index (Phi) is 4.88. The Morgan fingerprint density at radius 2 is 1.95 bits per heavy atom. The zero-order valence-electron chi connectivity index (χ0n) is 12.3. The van der Waals surface area contributed by atoms with Crippen molar-refractivity contribution in [3.05, 3.63) is 64.5 Å². The average molecular weight is 302 g/mol. The fourth-order valence-electron chi connectivity index (χ4n) is 2.04. The van der Waals surface area contributed by atoms with Crippen molar-refractivity contribution in [3.63, 3.8) is 0 Å². The second-order valence-corrected chi connectivity index (χ2v) is 4.66. The van der Waals surface area contributed by atoms with E-state index in [1.165, 1.54) is 13.2 Å². The Hall–Kier alpha value is -2.69. The van der Waals surface area contributed by atoms with E-state index in [2.05, 4.69) is 0 Å². The van der Waals surface area contributed by atoms with Gasteiger partial charge < -0.3 is 9.47 Å². The van der Waals surface area contributed by atoms with Crippen molar-refractivity contribution in [1.29, 1.82) is 0 Å². The van der Waals surface area contributed by atoms with Crippen molar-refractivity contribution in [2.24, 2.45) is 0 Å². The van der Waals surface area contributed by atoms with Gasteiger partial charge in [0.25, 0.3) is 0 Å². The van der Waals surface area contributed by atoms with Crippen LogP contribution in [0.2, 0.25) is 0 Å². The van der Waals surface area contributed by atoms with E-state index >= 15 is 0 Å². The number of benzene rings is 2. The van der Waals surface area contributed by atoms with E-state index < -0.39 is 11.8 Å². The summed E-state index contributed by atoms with van der Waals surface area (Å²) in [5.41, 5.74) is 1.43. The van der Waals surface area contributed by atoms with E-state index in [9.17, 15) is 14.0 Å². The maximum Gasteiger partial charge on any atom is 0.338 e. The van der Waals surface area contributed by atoms with E-state index in [1.807, 2.05) is 0 Å². The number of ether oxygens (including phenoxy) is 2. The maximum atomic E-state index is 14.1. The third kappa shape index (κ3) is 3.14. The molecule has 0 aliphatic heterocycles. The molecule has 0 N–H and O–H groups in total. The van der Waals surface area contributed by atoms with Crippen molar-refractivity contribution >= 4 is 12.3 Å². The molecule has 0 saturated carbocycles. The highest BCUT2D eigenvalue weighted by Crippen LogP contribution is 2.24. The summed E-state index contributed by atoms with van der Waals surface area (Å²) < 4.78 is 24.2. The number of hydrogen-bond donors (Lipinski definition) is 0. The number of aryl methyl sites for hydroxylation is 1. The van der Waals surface area contributed by atoms with Crippen LogP contribution in [0.4, 0.5) is 4.39 Å². The lowest BCUT2D eigenvalue weighted by Gasteiger charge is -2.12. The molecule has 0 aliphatic carbocycles. The standard InChI is InChI=1S/C17H15FO4/c1-11-7-8-15(16(18)14(11)9-19)22-10-12-5-3-4-6-13(12)17(20)21-2/h3-9H,10H2,1-2H3. The second kappa shape index (κ2) is 6.85. The van der Waals surface area contributed by atoms with Crippen LogP contribution in [0.3, 0.4) is 0 Å². The first-order chi connectivity index (χ1) is 10.6. The lowest BCUT2D eigenvalue weighted by atomic mass is 10.1. The molecule has 0 atom stereocenters. The molecule has 0 saturated heterocycles.